The van der Waals surface area contributed by atoms with Gasteiger partial charge in [0.05, 0.1) is 23.1 Å². The number of aryl methyl sites for hydroxylation is 2. The first-order chi connectivity index (χ1) is 33.5. The Balaban J connectivity index is 0.676. The third-order valence-corrected chi connectivity index (χ3v) is 15.7. The van der Waals surface area contributed by atoms with Crippen LogP contribution in [0.4, 0.5) is 11.4 Å². The Kier molecular flexibility index (Phi) is 13.3. The van der Waals surface area contributed by atoms with E-state index in [1.54, 1.807) is 11.6 Å². The molecule has 5 aliphatic heterocycles. The largest absolute Gasteiger partial charge is 0.380 e. The van der Waals surface area contributed by atoms with Crippen LogP contribution in [0.3, 0.4) is 0 Å². The molecule has 360 valence electrons. The summed E-state index contributed by atoms with van der Waals surface area (Å²) in [4.78, 5) is 72.0. The van der Waals surface area contributed by atoms with Crippen LogP contribution in [0.15, 0.2) is 77.6 Å². The van der Waals surface area contributed by atoms with Gasteiger partial charge in [-0.3, -0.25) is 33.6 Å². The van der Waals surface area contributed by atoms with Crippen molar-refractivity contribution in [1.82, 2.24) is 34.9 Å². The van der Waals surface area contributed by atoms with Gasteiger partial charge in [0, 0.05) is 93.6 Å². The molecule has 5 aliphatic rings. The van der Waals surface area contributed by atoms with Crippen LogP contribution in [-0.2, 0) is 21.4 Å². The molecule has 0 aliphatic carbocycles. The van der Waals surface area contributed by atoms with Gasteiger partial charge in [0.1, 0.15) is 6.04 Å². The quantitative estimate of drug-likeness (QED) is 0.0996. The number of benzene rings is 4. The summed E-state index contributed by atoms with van der Waals surface area (Å²) in [5, 5.41) is 14.7. The molecule has 69 heavy (non-hydrogen) atoms. The standard InChI is InChI=1S/C55H65N9O5/c1-35-8-12-41(58-42-32-56-33-42)30-47(35)52(66)57-36(2)44-14-11-39(45-6-4-5-7-46(44)45)10-9-37-18-24-61(25-19-37)34-38-20-26-63(27-21-38)54(68)40-22-28-62(29-23-40)43-13-15-48-50(31-43)60(3)55(69)64(48)49-16-17-51(65)59-53(49)67/h4-8,11-15,30-31,36-38,40,42,49,56,58H,16-29,32-34H2,1-3H3,(H,57,66)(H,59,65,67)/t36-,49?/m1/s1. The fraction of sp³-hybridized carbons (Fsp3) is 0.473. The Labute approximate surface area is 404 Å². The van der Waals surface area contributed by atoms with Gasteiger partial charge in [-0.25, -0.2) is 4.79 Å². The smallest absolute Gasteiger partial charge is 0.329 e. The van der Waals surface area contributed by atoms with E-state index in [1.807, 2.05) is 43.3 Å². The molecule has 4 aromatic carbocycles. The molecule has 14 nitrogen and oxygen atoms in total. The molecule has 6 heterocycles. The van der Waals surface area contributed by atoms with Crippen molar-refractivity contribution in [2.75, 3.05) is 69.1 Å². The molecule has 4 amide bonds. The van der Waals surface area contributed by atoms with E-state index in [-0.39, 0.29) is 41.8 Å². The van der Waals surface area contributed by atoms with Gasteiger partial charge in [-0.15, -0.1) is 0 Å². The maximum atomic E-state index is 13.8. The number of fused-ring (bicyclic) bond motifs is 2. The van der Waals surface area contributed by atoms with Crippen molar-refractivity contribution in [3.05, 3.63) is 106 Å². The summed E-state index contributed by atoms with van der Waals surface area (Å²) in [5.41, 5.74) is 6.85. The zero-order valence-corrected chi connectivity index (χ0v) is 40.2. The Morgan fingerprint density at radius 1 is 0.812 bits per heavy atom. The van der Waals surface area contributed by atoms with E-state index in [4.69, 9.17) is 0 Å². The molecule has 1 aromatic heterocycles. The maximum absolute atomic E-state index is 13.8. The van der Waals surface area contributed by atoms with Gasteiger partial charge >= 0.3 is 5.69 Å². The van der Waals surface area contributed by atoms with Crippen molar-refractivity contribution >= 4 is 56.8 Å². The van der Waals surface area contributed by atoms with E-state index in [1.165, 1.54) is 4.57 Å². The van der Waals surface area contributed by atoms with Gasteiger partial charge in [0.2, 0.25) is 17.7 Å². The molecule has 0 bridgehead atoms. The van der Waals surface area contributed by atoms with Crippen LogP contribution in [-0.4, -0.2) is 108 Å². The van der Waals surface area contributed by atoms with Gasteiger partial charge in [-0.2, -0.15) is 0 Å². The number of hydrogen-bond acceptors (Lipinski definition) is 9. The lowest BCUT2D eigenvalue weighted by Crippen LogP contribution is -2.51. The summed E-state index contributed by atoms with van der Waals surface area (Å²) in [5.74, 6) is 7.62. The molecule has 14 heteroatoms. The highest BCUT2D eigenvalue weighted by Gasteiger charge is 2.34. The minimum atomic E-state index is -0.712. The summed E-state index contributed by atoms with van der Waals surface area (Å²) in [6.45, 7) is 12.2. The minimum Gasteiger partial charge on any atom is -0.380 e. The molecule has 0 saturated carbocycles. The first-order valence-corrected chi connectivity index (χ1v) is 25.2. The second-order valence-corrected chi connectivity index (χ2v) is 20.2. The predicted octanol–water partition coefficient (Wildman–Crippen LogP) is 5.87. The number of nitrogens with one attached hydrogen (secondary N) is 4. The third kappa shape index (κ3) is 9.77. The number of anilines is 2. The van der Waals surface area contributed by atoms with Crippen molar-refractivity contribution in [3.8, 4) is 11.8 Å². The van der Waals surface area contributed by atoms with E-state index in [9.17, 15) is 24.0 Å². The highest BCUT2D eigenvalue weighted by Crippen LogP contribution is 2.32. The number of likely N-dealkylation sites (tertiary alicyclic amines) is 2. The summed E-state index contributed by atoms with van der Waals surface area (Å²) < 4.78 is 3.09. The highest BCUT2D eigenvalue weighted by atomic mass is 16.2. The average Bonchev–Trinajstić information content (AvgIpc) is 3.60. The van der Waals surface area contributed by atoms with Crippen LogP contribution in [0.1, 0.15) is 97.4 Å². The molecular formula is C55H65N9O5. The molecule has 5 fully saturated rings. The Hall–Kier alpha value is -6.43. The van der Waals surface area contributed by atoms with Crippen molar-refractivity contribution in [3.63, 3.8) is 0 Å². The van der Waals surface area contributed by atoms with Crippen LogP contribution >= 0.6 is 0 Å². The summed E-state index contributed by atoms with van der Waals surface area (Å²) in [6.07, 6.45) is 6.27. The third-order valence-electron chi connectivity index (χ3n) is 15.7. The molecule has 2 atom stereocenters. The highest BCUT2D eigenvalue weighted by molar-refractivity contribution is 6.00. The lowest BCUT2D eigenvalue weighted by Gasteiger charge is -2.39. The monoisotopic (exact) mass is 932 g/mol. The number of imide groups is 1. The van der Waals surface area contributed by atoms with Crippen LogP contribution in [0, 0.1) is 36.5 Å². The number of carbonyl (C=O) groups excluding carboxylic acids is 4. The molecule has 10 rings (SSSR count). The summed E-state index contributed by atoms with van der Waals surface area (Å²) in [7, 11) is 1.72. The lowest BCUT2D eigenvalue weighted by molar-refractivity contribution is -0.138. The second kappa shape index (κ2) is 19.9. The van der Waals surface area contributed by atoms with Crippen molar-refractivity contribution in [1.29, 1.82) is 0 Å². The normalized spacial score (nSPS) is 20.6. The van der Waals surface area contributed by atoms with E-state index < -0.39 is 11.9 Å². The second-order valence-electron chi connectivity index (χ2n) is 20.2. The van der Waals surface area contributed by atoms with Crippen LogP contribution in [0.2, 0.25) is 0 Å². The van der Waals surface area contributed by atoms with E-state index in [0.29, 0.717) is 35.4 Å². The number of nitrogens with zero attached hydrogens (tertiary/aromatic N) is 5. The lowest BCUT2D eigenvalue weighted by atomic mass is 9.90. The minimum absolute atomic E-state index is 0.0161. The van der Waals surface area contributed by atoms with Gasteiger partial charge in [0.25, 0.3) is 5.91 Å². The van der Waals surface area contributed by atoms with Crippen molar-refractivity contribution in [2.45, 2.75) is 83.3 Å². The summed E-state index contributed by atoms with van der Waals surface area (Å²) in [6, 6.07) is 24.0. The average molecular weight is 932 g/mol. The van der Waals surface area contributed by atoms with E-state index >= 15 is 0 Å². The molecule has 1 unspecified atom stereocenters. The van der Waals surface area contributed by atoms with Crippen LogP contribution < -0.4 is 31.9 Å². The number of carbonyl (C=O) groups is 4. The first-order valence-electron chi connectivity index (χ1n) is 25.2. The number of imidazole rings is 1. The SMILES string of the molecule is Cc1ccc(NC2CNC2)cc1C(=O)N[C@H](C)c1ccc(C#CC2CCN(CC3CCN(C(=O)C4CCN(c5ccc6c(c5)n(C)c(=O)n6C5CCC(=O)NC5=O)CC4)CC3)CC2)c2ccccc12. The van der Waals surface area contributed by atoms with Gasteiger partial charge in [0.15, 0.2) is 0 Å². The molecule has 5 saturated heterocycles. The molecule has 0 spiro atoms. The van der Waals surface area contributed by atoms with Crippen molar-refractivity contribution in [2.24, 2.45) is 24.8 Å². The summed E-state index contributed by atoms with van der Waals surface area (Å²) >= 11 is 0. The number of rotatable bonds is 10. The topological polar surface area (TPSA) is 153 Å². The fourth-order valence-corrected chi connectivity index (χ4v) is 11.3. The first kappa shape index (κ1) is 46.3. The molecule has 5 aromatic rings. The fourth-order valence-electron chi connectivity index (χ4n) is 11.3. The van der Waals surface area contributed by atoms with E-state index in [0.717, 1.165) is 142 Å². The van der Waals surface area contributed by atoms with Gasteiger partial charge in [-0.1, -0.05) is 48.2 Å². The van der Waals surface area contributed by atoms with Crippen LogP contribution in [0.5, 0.6) is 0 Å². The van der Waals surface area contributed by atoms with Crippen LogP contribution in [0.25, 0.3) is 21.8 Å². The number of hydrogen-bond donors (Lipinski definition) is 4. The molecular weight excluding hydrogens is 867 g/mol. The maximum Gasteiger partial charge on any atom is 0.329 e. The van der Waals surface area contributed by atoms with Crippen molar-refractivity contribution < 1.29 is 19.2 Å². The van der Waals surface area contributed by atoms with Gasteiger partial charge < -0.3 is 30.7 Å². The number of amides is 4. The molecule has 4 N–H and O–H groups in total. The number of aromatic nitrogens is 2. The van der Waals surface area contributed by atoms with Gasteiger partial charge in [-0.05, 0) is 136 Å². The Morgan fingerprint density at radius 3 is 2.29 bits per heavy atom. The van der Waals surface area contributed by atoms with E-state index in [2.05, 4.69) is 91.1 Å². The Bertz CT molecular complexity index is 2900. The molecule has 0 radical (unpaired) electrons. The number of piperidine rings is 4. The zero-order valence-electron chi connectivity index (χ0n) is 40.2. The zero-order chi connectivity index (χ0) is 47.8. The predicted molar refractivity (Wildman–Crippen MR) is 270 cm³/mol. The Morgan fingerprint density at radius 2 is 1.57 bits per heavy atom.